The van der Waals surface area contributed by atoms with E-state index in [0.717, 1.165) is 0 Å². The molecule has 2 N–H and O–H groups in total. The predicted molar refractivity (Wildman–Crippen MR) is 93.4 cm³/mol. The number of benzene rings is 1. The third-order valence-electron chi connectivity index (χ3n) is 4.02. The zero-order chi connectivity index (χ0) is 18.0. The maximum atomic E-state index is 12.6. The van der Waals surface area contributed by atoms with Crippen molar-refractivity contribution >= 4 is 27.3 Å². The number of nitrogens with zero attached hydrogens (tertiary/aromatic N) is 2. The van der Waals surface area contributed by atoms with Gasteiger partial charge in [0.1, 0.15) is 5.75 Å². The topological polar surface area (TPSA) is 106 Å². The van der Waals surface area contributed by atoms with Crippen LogP contribution >= 0.6 is 11.6 Å². The molecule has 136 valence electrons. The number of halogens is 1. The highest BCUT2D eigenvalue weighted by atomic mass is 35.5. The summed E-state index contributed by atoms with van der Waals surface area (Å²) < 4.78 is 38.4. The number of sulfonamides is 1. The van der Waals surface area contributed by atoms with Crippen molar-refractivity contribution in [3.05, 3.63) is 35.0 Å². The predicted octanol–water partition coefficient (Wildman–Crippen LogP) is 2.14. The molecule has 0 bridgehead atoms. The lowest BCUT2D eigenvalue weighted by molar-refractivity contribution is 0.405. The van der Waals surface area contributed by atoms with Gasteiger partial charge in [0.2, 0.25) is 21.8 Å². The highest BCUT2D eigenvalue weighted by Gasteiger charge is 2.37. The minimum atomic E-state index is -3.59. The van der Waals surface area contributed by atoms with Crippen LogP contribution in [-0.2, 0) is 16.4 Å². The van der Waals surface area contributed by atoms with E-state index in [0.29, 0.717) is 47.6 Å². The third-order valence-corrected chi connectivity index (χ3v) is 6.08. The molecule has 0 saturated carbocycles. The van der Waals surface area contributed by atoms with Gasteiger partial charge >= 0.3 is 0 Å². The second-order valence-electron chi connectivity index (χ2n) is 5.70. The highest BCUT2D eigenvalue weighted by molar-refractivity contribution is 7.93. The van der Waals surface area contributed by atoms with Gasteiger partial charge in [0.15, 0.2) is 0 Å². The molecule has 1 fully saturated rings. The van der Waals surface area contributed by atoms with E-state index in [1.807, 2.05) is 6.92 Å². The fraction of sp³-hybridized carbons (Fsp3) is 0.467. The number of nitrogens with one attached hydrogen (secondary N) is 2. The van der Waals surface area contributed by atoms with Crippen molar-refractivity contribution in [3.8, 4) is 5.75 Å². The summed E-state index contributed by atoms with van der Waals surface area (Å²) in [5.41, 5.74) is 0.389. The molecule has 2 atom stereocenters. The molecular weight excluding hydrogens is 368 g/mol. The van der Waals surface area contributed by atoms with Crippen LogP contribution in [0.25, 0.3) is 0 Å². The molecule has 1 aromatic carbocycles. The number of hydrogen-bond acceptors (Lipinski definition) is 7. The normalized spacial score (nSPS) is 20.6. The van der Waals surface area contributed by atoms with Crippen molar-refractivity contribution in [1.82, 2.24) is 15.5 Å². The van der Waals surface area contributed by atoms with Gasteiger partial charge in [-0.15, -0.1) is 10.2 Å². The summed E-state index contributed by atoms with van der Waals surface area (Å²) in [6.45, 7) is 2.21. The lowest BCUT2D eigenvalue weighted by Gasteiger charge is -2.14. The van der Waals surface area contributed by atoms with E-state index < -0.39 is 15.3 Å². The van der Waals surface area contributed by atoms with Crippen LogP contribution in [0.3, 0.4) is 0 Å². The largest absolute Gasteiger partial charge is 0.495 e. The maximum absolute atomic E-state index is 12.6. The Bertz CT molecular complexity index is 855. The van der Waals surface area contributed by atoms with Crippen molar-refractivity contribution in [2.75, 3.05) is 18.4 Å². The summed E-state index contributed by atoms with van der Waals surface area (Å²) in [4.78, 5) is 0. The molecule has 3 rings (SSSR count). The van der Waals surface area contributed by atoms with E-state index in [-0.39, 0.29) is 6.04 Å². The molecule has 2 heterocycles. The fourth-order valence-electron chi connectivity index (χ4n) is 2.66. The second kappa shape index (κ2) is 7.19. The summed E-state index contributed by atoms with van der Waals surface area (Å²) in [5.74, 6) is 1.44. The first-order valence-electron chi connectivity index (χ1n) is 7.83. The van der Waals surface area contributed by atoms with Crippen LogP contribution in [0.15, 0.2) is 22.6 Å². The molecule has 8 nitrogen and oxygen atoms in total. The van der Waals surface area contributed by atoms with Crippen molar-refractivity contribution in [3.63, 3.8) is 0 Å². The highest BCUT2D eigenvalue weighted by Crippen LogP contribution is 2.30. The van der Waals surface area contributed by atoms with Crippen LogP contribution in [0, 0.1) is 0 Å². The first kappa shape index (κ1) is 18.0. The van der Waals surface area contributed by atoms with Crippen LogP contribution in [0.1, 0.15) is 31.2 Å². The number of methoxy groups -OCH3 is 1. The summed E-state index contributed by atoms with van der Waals surface area (Å²) >= 11 is 6.04. The first-order valence-corrected chi connectivity index (χ1v) is 9.76. The molecule has 0 aliphatic carbocycles. The SMILES string of the molecule is CCc1nnc(C2CC(S(=O)(=O)Nc3ccc(OC)c(Cl)c3)CN2)o1. The van der Waals surface area contributed by atoms with Crippen LogP contribution in [0.2, 0.25) is 5.02 Å². The van der Waals surface area contributed by atoms with Crippen LogP contribution in [-0.4, -0.2) is 37.5 Å². The van der Waals surface area contributed by atoms with E-state index in [1.54, 1.807) is 12.1 Å². The van der Waals surface area contributed by atoms with Crippen molar-refractivity contribution < 1.29 is 17.6 Å². The number of rotatable bonds is 6. The molecule has 0 spiro atoms. The van der Waals surface area contributed by atoms with E-state index >= 15 is 0 Å². The van der Waals surface area contributed by atoms with E-state index in [2.05, 4.69) is 20.2 Å². The van der Waals surface area contributed by atoms with Crippen LogP contribution in [0.5, 0.6) is 5.75 Å². The Kier molecular flexibility index (Phi) is 5.16. The molecule has 1 aliphatic rings. The van der Waals surface area contributed by atoms with Crippen LogP contribution in [0.4, 0.5) is 5.69 Å². The zero-order valence-corrected chi connectivity index (χ0v) is 15.4. The lowest BCUT2D eigenvalue weighted by Crippen LogP contribution is -2.29. The number of ether oxygens (including phenoxy) is 1. The molecular formula is C15H19ClN4O4S. The zero-order valence-electron chi connectivity index (χ0n) is 13.8. The first-order chi connectivity index (χ1) is 11.9. The lowest BCUT2D eigenvalue weighted by atomic mass is 10.2. The Balaban J connectivity index is 1.69. The van der Waals surface area contributed by atoms with Gasteiger partial charge in [-0.25, -0.2) is 8.42 Å². The van der Waals surface area contributed by atoms with Gasteiger partial charge in [-0.2, -0.15) is 0 Å². The van der Waals surface area contributed by atoms with Gasteiger partial charge < -0.3 is 14.5 Å². The Labute approximate surface area is 151 Å². The maximum Gasteiger partial charge on any atom is 0.236 e. The summed E-state index contributed by atoms with van der Waals surface area (Å²) in [7, 11) is -2.09. The van der Waals surface area contributed by atoms with E-state index in [9.17, 15) is 8.42 Å². The van der Waals surface area contributed by atoms with Crippen molar-refractivity contribution in [1.29, 1.82) is 0 Å². The molecule has 1 aliphatic heterocycles. The molecule has 2 unspecified atom stereocenters. The molecule has 1 saturated heterocycles. The summed E-state index contributed by atoms with van der Waals surface area (Å²) in [5, 5.41) is 10.7. The smallest absolute Gasteiger partial charge is 0.236 e. The van der Waals surface area contributed by atoms with Crippen molar-refractivity contribution in [2.45, 2.75) is 31.1 Å². The molecule has 1 aromatic heterocycles. The summed E-state index contributed by atoms with van der Waals surface area (Å²) in [6.07, 6.45) is 0.992. The van der Waals surface area contributed by atoms with E-state index in [1.165, 1.54) is 13.2 Å². The van der Waals surface area contributed by atoms with Gasteiger partial charge in [-0.1, -0.05) is 18.5 Å². The minimum Gasteiger partial charge on any atom is -0.495 e. The minimum absolute atomic E-state index is 0.270. The average molecular weight is 387 g/mol. The fourth-order valence-corrected chi connectivity index (χ4v) is 4.30. The van der Waals surface area contributed by atoms with E-state index in [4.69, 9.17) is 20.8 Å². The van der Waals surface area contributed by atoms with Gasteiger partial charge in [0, 0.05) is 13.0 Å². The third kappa shape index (κ3) is 3.88. The quantitative estimate of drug-likeness (QED) is 0.783. The molecule has 2 aromatic rings. The van der Waals surface area contributed by atoms with Gasteiger partial charge in [0.05, 0.1) is 29.1 Å². The van der Waals surface area contributed by atoms with Crippen LogP contribution < -0.4 is 14.8 Å². The van der Waals surface area contributed by atoms with Gasteiger partial charge in [-0.05, 0) is 24.6 Å². The van der Waals surface area contributed by atoms with Crippen molar-refractivity contribution in [2.24, 2.45) is 0 Å². The Morgan fingerprint density at radius 1 is 1.44 bits per heavy atom. The molecule has 25 heavy (non-hydrogen) atoms. The monoisotopic (exact) mass is 386 g/mol. The number of anilines is 1. The van der Waals surface area contributed by atoms with Gasteiger partial charge in [0.25, 0.3) is 0 Å². The Hall–Kier alpha value is -1.84. The molecule has 10 heteroatoms. The standard InChI is InChI=1S/C15H19ClN4O4S/c1-3-14-18-19-15(24-14)12-7-10(8-17-12)25(21,22)20-9-4-5-13(23-2)11(16)6-9/h4-6,10,12,17,20H,3,7-8H2,1-2H3. The number of aryl methyl sites for hydroxylation is 1. The number of hydrogen-bond donors (Lipinski definition) is 2. The average Bonchev–Trinajstić information content (AvgIpc) is 3.24. The summed E-state index contributed by atoms with van der Waals surface area (Å²) in [6, 6.07) is 4.46. The Morgan fingerprint density at radius 3 is 2.88 bits per heavy atom. The second-order valence-corrected chi connectivity index (χ2v) is 8.07. The molecule has 0 amide bonds. The molecule has 0 radical (unpaired) electrons. The Morgan fingerprint density at radius 2 is 2.24 bits per heavy atom. The van der Waals surface area contributed by atoms with Gasteiger partial charge in [-0.3, -0.25) is 4.72 Å². The number of aromatic nitrogens is 2.